The summed E-state index contributed by atoms with van der Waals surface area (Å²) in [6.45, 7) is 6.81. The van der Waals surface area contributed by atoms with Gasteiger partial charge in [-0.15, -0.1) is 0 Å². The standard InChI is InChI=1S/C22H20ClN3O/c1-4-25-19-11-5-14(2)13-16(19)6-12-20(25)21-15(3)24-26(22(21)27)18-9-7-17(23)8-10-18/h5-13H,4H2,1-3H3/b21-20-. The molecule has 2 aliphatic rings. The number of allylic oxidation sites excluding steroid dienone is 1. The van der Waals surface area contributed by atoms with Gasteiger partial charge in [0.25, 0.3) is 5.91 Å². The van der Waals surface area contributed by atoms with Gasteiger partial charge in [0.05, 0.1) is 22.7 Å². The number of anilines is 2. The number of fused-ring (bicyclic) bond motifs is 1. The smallest absolute Gasteiger partial charge is 0.282 e. The molecule has 2 aromatic carbocycles. The van der Waals surface area contributed by atoms with Gasteiger partial charge in [-0.05, 0) is 68.8 Å². The maximum atomic E-state index is 13.2. The maximum absolute atomic E-state index is 13.2. The van der Waals surface area contributed by atoms with Gasteiger partial charge in [0.15, 0.2) is 0 Å². The Morgan fingerprint density at radius 1 is 1.04 bits per heavy atom. The quantitative estimate of drug-likeness (QED) is 0.676. The molecule has 0 atom stereocenters. The van der Waals surface area contributed by atoms with Crippen LogP contribution < -0.4 is 9.91 Å². The minimum atomic E-state index is -0.122. The Labute approximate surface area is 164 Å². The number of aryl methyl sites for hydroxylation is 1. The van der Waals surface area contributed by atoms with Crippen LogP contribution in [0.5, 0.6) is 0 Å². The molecule has 0 aliphatic carbocycles. The second-order valence-electron chi connectivity index (χ2n) is 6.68. The first-order chi connectivity index (χ1) is 13.0. The molecule has 2 heterocycles. The van der Waals surface area contributed by atoms with Crippen LogP contribution in [0.3, 0.4) is 0 Å². The van der Waals surface area contributed by atoms with Crippen LogP contribution in [0, 0.1) is 6.92 Å². The predicted molar refractivity (Wildman–Crippen MR) is 112 cm³/mol. The Balaban J connectivity index is 1.79. The third-order valence-electron chi connectivity index (χ3n) is 4.85. The molecule has 0 saturated carbocycles. The Bertz CT molecular complexity index is 1020. The Hall–Kier alpha value is -2.85. The van der Waals surface area contributed by atoms with Crippen LogP contribution in [0.1, 0.15) is 25.0 Å². The SMILES string of the molecule is CCN1/C(=C2\C(=O)N(c3ccc(Cl)cc3)N=C2C)C=Cc2cc(C)ccc21. The molecule has 0 unspecified atom stereocenters. The van der Waals surface area contributed by atoms with E-state index in [2.05, 4.69) is 48.1 Å². The second-order valence-corrected chi connectivity index (χ2v) is 7.12. The van der Waals surface area contributed by atoms with E-state index in [1.807, 2.05) is 13.0 Å². The molecule has 4 rings (SSSR count). The van der Waals surface area contributed by atoms with Gasteiger partial charge in [0.1, 0.15) is 0 Å². The Morgan fingerprint density at radius 2 is 1.78 bits per heavy atom. The van der Waals surface area contributed by atoms with Crippen molar-refractivity contribution in [1.82, 2.24) is 0 Å². The van der Waals surface area contributed by atoms with Crippen LogP contribution >= 0.6 is 11.6 Å². The highest BCUT2D eigenvalue weighted by atomic mass is 35.5. The number of halogens is 1. The highest BCUT2D eigenvalue weighted by Crippen LogP contribution is 2.35. The van der Waals surface area contributed by atoms with Gasteiger partial charge in [-0.2, -0.15) is 10.1 Å². The average Bonchev–Trinajstić information content (AvgIpc) is 2.95. The Kier molecular flexibility index (Phi) is 4.36. The van der Waals surface area contributed by atoms with E-state index >= 15 is 0 Å². The van der Waals surface area contributed by atoms with E-state index < -0.39 is 0 Å². The number of carbonyl (C=O) groups is 1. The fraction of sp³-hybridized carbons (Fsp3) is 0.182. The molecule has 136 valence electrons. The zero-order valence-corrected chi connectivity index (χ0v) is 16.3. The highest BCUT2D eigenvalue weighted by Gasteiger charge is 2.33. The second kappa shape index (κ2) is 6.71. The zero-order chi connectivity index (χ0) is 19.1. The largest absolute Gasteiger partial charge is 0.341 e. The van der Waals surface area contributed by atoms with E-state index in [0.717, 1.165) is 23.5 Å². The first kappa shape index (κ1) is 17.6. The molecule has 1 amide bonds. The van der Waals surface area contributed by atoms with Crippen molar-refractivity contribution < 1.29 is 4.79 Å². The summed E-state index contributed by atoms with van der Waals surface area (Å²) in [6.07, 6.45) is 4.09. The van der Waals surface area contributed by atoms with Crippen molar-refractivity contribution in [3.05, 3.63) is 76.0 Å². The lowest BCUT2D eigenvalue weighted by molar-refractivity contribution is -0.114. The summed E-state index contributed by atoms with van der Waals surface area (Å²) in [4.78, 5) is 15.4. The van der Waals surface area contributed by atoms with Crippen LogP contribution in [-0.2, 0) is 4.79 Å². The molecule has 0 aromatic heterocycles. The van der Waals surface area contributed by atoms with Crippen molar-refractivity contribution >= 4 is 40.7 Å². The minimum absolute atomic E-state index is 0.122. The summed E-state index contributed by atoms with van der Waals surface area (Å²) in [5, 5.41) is 6.58. The van der Waals surface area contributed by atoms with E-state index in [-0.39, 0.29) is 5.91 Å². The van der Waals surface area contributed by atoms with E-state index in [9.17, 15) is 4.79 Å². The van der Waals surface area contributed by atoms with Crippen LogP contribution in [-0.4, -0.2) is 18.2 Å². The zero-order valence-electron chi connectivity index (χ0n) is 15.5. The number of hydrazone groups is 1. The molecule has 0 saturated heterocycles. The summed E-state index contributed by atoms with van der Waals surface area (Å²) >= 11 is 5.97. The van der Waals surface area contributed by atoms with Gasteiger partial charge in [0, 0.05) is 17.3 Å². The molecular formula is C22H20ClN3O. The first-order valence-corrected chi connectivity index (χ1v) is 9.33. The summed E-state index contributed by atoms with van der Waals surface area (Å²) in [7, 11) is 0. The first-order valence-electron chi connectivity index (χ1n) is 8.95. The maximum Gasteiger partial charge on any atom is 0.282 e. The fourth-order valence-electron chi connectivity index (χ4n) is 3.56. The van der Waals surface area contributed by atoms with Crippen LogP contribution in [0.4, 0.5) is 11.4 Å². The van der Waals surface area contributed by atoms with E-state index in [4.69, 9.17) is 11.6 Å². The van der Waals surface area contributed by atoms with Crippen molar-refractivity contribution in [3.63, 3.8) is 0 Å². The minimum Gasteiger partial charge on any atom is -0.341 e. The normalized spacial score (nSPS) is 18.8. The molecule has 2 aliphatic heterocycles. The lowest BCUT2D eigenvalue weighted by atomic mass is 9.99. The highest BCUT2D eigenvalue weighted by molar-refractivity contribution is 6.32. The molecule has 0 spiro atoms. The molecule has 5 heteroatoms. The number of carbonyl (C=O) groups excluding carboxylic acids is 1. The topological polar surface area (TPSA) is 35.9 Å². The van der Waals surface area contributed by atoms with Crippen LogP contribution in [0.2, 0.25) is 5.02 Å². The molecule has 0 bridgehead atoms. The number of hydrogen-bond acceptors (Lipinski definition) is 3. The van der Waals surface area contributed by atoms with Crippen molar-refractivity contribution in [1.29, 1.82) is 0 Å². The third kappa shape index (κ3) is 2.96. The van der Waals surface area contributed by atoms with Crippen LogP contribution in [0.25, 0.3) is 6.08 Å². The fourth-order valence-corrected chi connectivity index (χ4v) is 3.68. The molecule has 0 radical (unpaired) electrons. The van der Waals surface area contributed by atoms with E-state index in [0.29, 0.717) is 22.0 Å². The average molecular weight is 378 g/mol. The lowest BCUT2D eigenvalue weighted by Crippen LogP contribution is -2.29. The predicted octanol–water partition coefficient (Wildman–Crippen LogP) is 5.18. The Morgan fingerprint density at radius 3 is 2.48 bits per heavy atom. The van der Waals surface area contributed by atoms with Crippen molar-refractivity contribution in [3.8, 4) is 0 Å². The monoisotopic (exact) mass is 377 g/mol. The van der Waals surface area contributed by atoms with Crippen LogP contribution in [0.15, 0.2) is 64.9 Å². The molecular weight excluding hydrogens is 358 g/mol. The molecule has 4 nitrogen and oxygen atoms in total. The number of rotatable bonds is 2. The van der Waals surface area contributed by atoms with Gasteiger partial charge in [-0.25, -0.2) is 0 Å². The molecule has 0 N–H and O–H groups in total. The summed E-state index contributed by atoms with van der Waals surface area (Å²) in [6, 6.07) is 13.5. The third-order valence-corrected chi connectivity index (χ3v) is 5.10. The number of likely N-dealkylation sites (N-methyl/N-ethyl adjacent to an activating group) is 1. The van der Waals surface area contributed by atoms with Crippen molar-refractivity contribution in [2.45, 2.75) is 20.8 Å². The summed E-state index contributed by atoms with van der Waals surface area (Å²) in [5.74, 6) is -0.122. The van der Waals surface area contributed by atoms with Gasteiger partial charge in [-0.3, -0.25) is 4.79 Å². The van der Waals surface area contributed by atoms with Gasteiger partial charge in [-0.1, -0.05) is 29.3 Å². The summed E-state index contributed by atoms with van der Waals surface area (Å²) in [5.41, 5.74) is 6.43. The lowest BCUT2D eigenvalue weighted by Gasteiger charge is -2.30. The molecule has 0 fully saturated rings. The van der Waals surface area contributed by atoms with Crippen molar-refractivity contribution in [2.75, 3.05) is 16.5 Å². The molecule has 2 aromatic rings. The number of benzene rings is 2. The molecule has 27 heavy (non-hydrogen) atoms. The van der Waals surface area contributed by atoms with Gasteiger partial charge in [0.2, 0.25) is 0 Å². The van der Waals surface area contributed by atoms with Gasteiger partial charge < -0.3 is 4.90 Å². The number of hydrogen-bond donors (Lipinski definition) is 0. The van der Waals surface area contributed by atoms with Gasteiger partial charge >= 0.3 is 0 Å². The number of amides is 1. The van der Waals surface area contributed by atoms with E-state index in [1.165, 1.54) is 10.6 Å². The van der Waals surface area contributed by atoms with E-state index in [1.54, 1.807) is 24.3 Å². The number of nitrogens with zero attached hydrogens (tertiary/aromatic N) is 3. The summed E-state index contributed by atoms with van der Waals surface area (Å²) < 4.78 is 0. The van der Waals surface area contributed by atoms with Crippen molar-refractivity contribution in [2.24, 2.45) is 5.10 Å².